The predicted octanol–water partition coefficient (Wildman–Crippen LogP) is 1.73. The second kappa shape index (κ2) is 11.5. The van der Waals surface area contributed by atoms with Crippen molar-refractivity contribution in [3.8, 4) is 0 Å². The summed E-state index contributed by atoms with van der Waals surface area (Å²) in [5.74, 6) is 0.768. The number of nitrogens with two attached hydrogens (primary N) is 1. The molecule has 0 aliphatic carbocycles. The molecule has 0 spiro atoms. The van der Waals surface area contributed by atoms with E-state index >= 15 is 0 Å². The van der Waals surface area contributed by atoms with Crippen molar-refractivity contribution in [2.24, 2.45) is 17.6 Å². The number of rotatable bonds is 7. The van der Waals surface area contributed by atoms with Gasteiger partial charge in [0.2, 0.25) is 5.91 Å². The van der Waals surface area contributed by atoms with Gasteiger partial charge in [-0.3, -0.25) is 4.79 Å². The van der Waals surface area contributed by atoms with Gasteiger partial charge in [-0.25, -0.2) is 4.79 Å². The first kappa shape index (κ1) is 22.0. The third-order valence-electron chi connectivity index (χ3n) is 3.86. The molecular weight excluding hydrogens is 316 g/mol. The van der Waals surface area contributed by atoms with E-state index in [1.807, 2.05) is 11.8 Å². The molecule has 0 saturated carbocycles. The molecule has 4 N–H and O–H groups in total. The van der Waals surface area contributed by atoms with Crippen LogP contribution in [0.25, 0.3) is 0 Å². The molecule has 1 fully saturated rings. The molecule has 0 aromatic carbocycles. The summed E-state index contributed by atoms with van der Waals surface area (Å²) < 4.78 is 0. The number of halogens is 1. The minimum Gasteiger partial charge on any atom is -0.356 e. The van der Waals surface area contributed by atoms with Crippen LogP contribution in [-0.2, 0) is 4.79 Å². The highest BCUT2D eigenvalue weighted by atomic mass is 35.5. The molecule has 136 valence electrons. The van der Waals surface area contributed by atoms with Crippen LogP contribution in [0.3, 0.4) is 0 Å². The van der Waals surface area contributed by atoms with E-state index in [2.05, 4.69) is 24.5 Å². The van der Waals surface area contributed by atoms with E-state index in [1.165, 1.54) is 0 Å². The van der Waals surface area contributed by atoms with Crippen molar-refractivity contribution in [1.29, 1.82) is 0 Å². The number of hydrogen-bond acceptors (Lipinski definition) is 3. The van der Waals surface area contributed by atoms with Crippen LogP contribution in [0.1, 0.15) is 46.5 Å². The largest absolute Gasteiger partial charge is 0.356 e. The molecule has 23 heavy (non-hydrogen) atoms. The average Bonchev–Trinajstić information content (AvgIpc) is 2.44. The average molecular weight is 349 g/mol. The molecule has 1 aliphatic rings. The summed E-state index contributed by atoms with van der Waals surface area (Å²) in [6.45, 7) is 8.86. The number of carbonyl (C=O) groups excluding carboxylic acids is 2. The van der Waals surface area contributed by atoms with Crippen LogP contribution in [0.4, 0.5) is 4.79 Å². The van der Waals surface area contributed by atoms with Gasteiger partial charge in [0.25, 0.3) is 0 Å². The number of hydrogen-bond donors (Lipinski definition) is 3. The second-order valence-electron chi connectivity index (χ2n) is 6.85. The molecule has 0 radical (unpaired) electrons. The number of urea groups is 1. The van der Waals surface area contributed by atoms with Gasteiger partial charge in [0.1, 0.15) is 0 Å². The Labute approximate surface area is 146 Å². The second-order valence-corrected chi connectivity index (χ2v) is 6.85. The first-order valence-electron chi connectivity index (χ1n) is 8.43. The van der Waals surface area contributed by atoms with Crippen molar-refractivity contribution in [3.63, 3.8) is 0 Å². The van der Waals surface area contributed by atoms with Gasteiger partial charge in [-0.1, -0.05) is 13.8 Å². The zero-order chi connectivity index (χ0) is 16.5. The van der Waals surface area contributed by atoms with Crippen molar-refractivity contribution in [3.05, 3.63) is 0 Å². The lowest BCUT2D eigenvalue weighted by atomic mass is 9.94. The lowest BCUT2D eigenvalue weighted by Crippen LogP contribution is -2.47. The summed E-state index contributed by atoms with van der Waals surface area (Å²) in [5, 5.41) is 5.85. The minimum absolute atomic E-state index is 0. The zero-order valence-electron chi connectivity index (χ0n) is 14.6. The van der Waals surface area contributed by atoms with Crippen molar-refractivity contribution in [2.75, 3.05) is 26.2 Å². The number of piperidine rings is 1. The van der Waals surface area contributed by atoms with Gasteiger partial charge in [-0.2, -0.15) is 0 Å². The summed E-state index contributed by atoms with van der Waals surface area (Å²) in [4.78, 5) is 25.8. The van der Waals surface area contributed by atoms with E-state index in [0.717, 1.165) is 25.8 Å². The SMILES string of the molecule is CC(C)CNC(=O)N1CCCC(CC(=O)NCCC(C)N)C1.Cl. The number of carbonyl (C=O) groups is 2. The maximum atomic E-state index is 12.1. The van der Waals surface area contributed by atoms with Gasteiger partial charge in [0, 0.05) is 38.6 Å². The van der Waals surface area contributed by atoms with Crippen molar-refractivity contribution >= 4 is 24.3 Å². The maximum Gasteiger partial charge on any atom is 0.317 e. The summed E-state index contributed by atoms with van der Waals surface area (Å²) in [6.07, 6.45) is 3.26. The van der Waals surface area contributed by atoms with Crippen molar-refractivity contribution in [1.82, 2.24) is 15.5 Å². The molecule has 1 heterocycles. The third-order valence-corrected chi connectivity index (χ3v) is 3.86. The molecule has 6 nitrogen and oxygen atoms in total. The van der Waals surface area contributed by atoms with E-state index in [1.54, 1.807) is 0 Å². The summed E-state index contributed by atoms with van der Waals surface area (Å²) >= 11 is 0. The quantitative estimate of drug-likeness (QED) is 0.654. The Morgan fingerprint density at radius 1 is 1.26 bits per heavy atom. The highest BCUT2D eigenvalue weighted by Gasteiger charge is 2.25. The molecule has 0 aromatic heterocycles. The van der Waals surface area contributed by atoms with Crippen LogP contribution >= 0.6 is 12.4 Å². The molecule has 1 aliphatic heterocycles. The molecular formula is C16H33ClN4O2. The van der Waals surface area contributed by atoms with Crippen LogP contribution < -0.4 is 16.4 Å². The van der Waals surface area contributed by atoms with E-state index < -0.39 is 0 Å². The van der Waals surface area contributed by atoms with Crippen molar-refractivity contribution in [2.45, 2.75) is 52.5 Å². The zero-order valence-corrected chi connectivity index (χ0v) is 15.5. The van der Waals surface area contributed by atoms with Crippen LogP contribution in [0.15, 0.2) is 0 Å². The molecule has 3 amide bonds. The first-order valence-corrected chi connectivity index (χ1v) is 8.43. The van der Waals surface area contributed by atoms with Crippen LogP contribution in [-0.4, -0.2) is 49.1 Å². The Hall–Kier alpha value is -1.01. The third kappa shape index (κ3) is 9.66. The Morgan fingerprint density at radius 3 is 2.57 bits per heavy atom. The predicted molar refractivity (Wildman–Crippen MR) is 95.7 cm³/mol. The first-order chi connectivity index (χ1) is 10.4. The molecule has 7 heteroatoms. The summed E-state index contributed by atoms with van der Waals surface area (Å²) in [7, 11) is 0. The van der Waals surface area contributed by atoms with E-state index in [-0.39, 0.29) is 36.3 Å². The lowest BCUT2D eigenvalue weighted by molar-refractivity contribution is -0.122. The van der Waals surface area contributed by atoms with Gasteiger partial charge < -0.3 is 21.3 Å². The van der Waals surface area contributed by atoms with Gasteiger partial charge in [-0.15, -0.1) is 12.4 Å². The number of nitrogens with one attached hydrogen (secondary N) is 2. The Kier molecular flexibility index (Phi) is 11.0. The number of amides is 3. The summed E-state index contributed by atoms with van der Waals surface area (Å²) in [6, 6.07) is 0.103. The van der Waals surface area contributed by atoms with Gasteiger partial charge in [0.05, 0.1) is 0 Å². The highest BCUT2D eigenvalue weighted by molar-refractivity contribution is 5.85. The fourth-order valence-corrected chi connectivity index (χ4v) is 2.59. The Balaban J connectivity index is 0.00000484. The van der Waals surface area contributed by atoms with Crippen molar-refractivity contribution < 1.29 is 9.59 Å². The van der Waals surface area contributed by atoms with Gasteiger partial charge in [0.15, 0.2) is 0 Å². The van der Waals surface area contributed by atoms with E-state index in [0.29, 0.717) is 32.0 Å². The molecule has 1 rings (SSSR count). The Morgan fingerprint density at radius 2 is 1.96 bits per heavy atom. The van der Waals surface area contributed by atoms with E-state index in [4.69, 9.17) is 5.73 Å². The minimum atomic E-state index is -0.00392. The fourth-order valence-electron chi connectivity index (χ4n) is 2.59. The monoisotopic (exact) mass is 348 g/mol. The topological polar surface area (TPSA) is 87.5 Å². The summed E-state index contributed by atoms with van der Waals surface area (Å²) in [5.41, 5.74) is 5.66. The molecule has 1 saturated heterocycles. The Bertz CT molecular complexity index is 364. The van der Waals surface area contributed by atoms with Crippen LogP contribution in [0.5, 0.6) is 0 Å². The molecule has 2 atom stereocenters. The highest BCUT2D eigenvalue weighted by Crippen LogP contribution is 2.19. The smallest absolute Gasteiger partial charge is 0.317 e. The fraction of sp³-hybridized carbons (Fsp3) is 0.875. The van der Waals surface area contributed by atoms with E-state index in [9.17, 15) is 9.59 Å². The number of nitrogens with zero attached hydrogens (tertiary/aromatic N) is 1. The normalized spacial score (nSPS) is 19.0. The molecule has 0 aromatic rings. The maximum absolute atomic E-state index is 12.1. The molecule has 2 unspecified atom stereocenters. The van der Waals surface area contributed by atoms with Gasteiger partial charge in [-0.05, 0) is 38.0 Å². The van der Waals surface area contributed by atoms with Gasteiger partial charge >= 0.3 is 6.03 Å². The number of likely N-dealkylation sites (tertiary alicyclic amines) is 1. The lowest BCUT2D eigenvalue weighted by Gasteiger charge is -2.32. The van der Waals surface area contributed by atoms with Crippen LogP contribution in [0, 0.1) is 11.8 Å². The van der Waals surface area contributed by atoms with Crippen LogP contribution in [0.2, 0.25) is 0 Å². The standard InChI is InChI=1S/C16H32N4O2.ClH/c1-12(2)10-19-16(22)20-8-4-5-14(11-20)9-15(21)18-7-6-13(3)17;/h12-14H,4-11,17H2,1-3H3,(H,18,21)(H,19,22);1H. The molecule has 0 bridgehead atoms.